The fourth-order valence-electron chi connectivity index (χ4n) is 2.73. The summed E-state index contributed by atoms with van der Waals surface area (Å²) in [7, 11) is 0. The van der Waals surface area contributed by atoms with E-state index in [-0.39, 0.29) is 34.6 Å². The molecule has 6 nitrogen and oxygen atoms in total. The lowest BCUT2D eigenvalue weighted by atomic mass is 10.1. The van der Waals surface area contributed by atoms with Gasteiger partial charge in [-0.2, -0.15) is 13.2 Å². The lowest BCUT2D eigenvalue weighted by molar-refractivity contribution is -0.384. The number of benzene rings is 2. The Hall–Kier alpha value is -3.82. The van der Waals surface area contributed by atoms with Crippen LogP contribution in [0, 0.1) is 15.9 Å². The molecule has 0 saturated heterocycles. The SMILES string of the molecule is CC.O=C(NCc1cccc(C(F)(F)F)c1)c1ccnc(-c2cc(F)ccc2[N+](=O)[O-])c1. The predicted octanol–water partition coefficient (Wildman–Crippen LogP) is 5.77. The van der Waals surface area contributed by atoms with Gasteiger partial charge in [0.15, 0.2) is 0 Å². The quantitative estimate of drug-likeness (QED) is 0.304. The molecule has 3 aromatic rings. The molecule has 32 heavy (non-hydrogen) atoms. The predicted molar refractivity (Wildman–Crippen MR) is 110 cm³/mol. The third-order valence-corrected chi connectivity index (χ3v) is 4.16. The summed E-state index contributed by atoms with van der Waals surface area (Å²) < 4.78 is 51.9. The number of carbonyl (C=O) groups is 1. The maximum atomic E-state index is 13.6. The first-order valence-electron chi connectivity index (χ1n) is 9.50. The van der Waals surface area contributed by atoms with Crippen molar-refractivity contribution in [3.05, 3.63) is 93.4 Å². The topological polar surface area (TPSA) is 85.1 Å². The summed E-state index contributed by atoms with van der Waals surface area (Å²) in [6.45, 7) is 3.83. The fraction of sp³-hybridized carbons (Fsp3) is 0.182. The Balaban J connectivity index is 0.00000176. The molecule has 10 heteroatoms. The molecule has 1 heterocycles. The molecule has 0 aliphatic rings. The van der Waals surface area contributed by atoms with Crippen LogP contribution in [0.15, 0.2) is 60.8 Å². The van der Waals surface area contributed by atoms with Crippen molar-refractivity contribution in [3.63, 3.8) is 0 Å². The van der Waals surface area contributed by atoms with Gasteiger partial charge in [-0.1, -0.05) is 26.0 Å². The van der Waals surface area contributed by atoms with Crippen LogP contribution in [0.3, 0.4) is 0 Å². The second-order valence-electron chi connectivity index (χ2n) is 6.23. The standard InChI is InChI=1S/C20H13F4N3O3.C2H6/c21-15-4-5-18(27(29)30)16(10-15)17-9-13(6-7-25-17)19(28)26-11-12-2-1-3-14(8-12)20(22,23)24;1-2/h1-10H,11H2,(H,26,28);1-2H3. The molecule has 0 aliphatic carbocycles. The monoisotopic (exact) mass is 449 g/mol. The lowest BCUT2D eigenvalue weighted by Crippen LogP contribution is -2.23. The minimum Gasteiger partial charge on any atom is -0.348 e. The molecule has 1 aromatic heterocycles. The number of amides is 1. The number of hydrogen-bond donors (Lipinski definition) is 1. The molecule has 3 rings (SSSR count). The average molecular weight is 449 g/mol. The smallest absolute Gasteiger partial charge is 0.348 e. The number of halogens is 4. The number of pyridine rings is 1. The van der Waals surface area contributed by atoms with Crippen LogP contribution in [0.4, 0.5) is 23.2 Å². The molecule has 0 atom stereocenters. The second-order valence-corrected chi connectivity index (χ2v) is 6.23. The lowest BCUT2D eigenvalue weighted by Gasteiger charge is -2.10. The molecule has 0 saturated carbocycles. The molecule has 0 fully saturated rings. The van der Waals surface area contributed by atoms with E-state index in [1.807, 2.05) is 13.8 Å². The highest BCUT2D eigenvalue weighted by Gasteiger charge is 2.30. The van der Waals surface area contributed by atoms with Gasteiger partial charge in [0, 0.05) is 24.4 Å². The minimum absolute atomic E-state index is 0.00733. The van der Waals surface area contributed by atoms with E-state index in [2.05, 4.69) is 10.3 Å². The number of hydrogen-bond acceptors (Lipinski definition) is 4. The summed E-state index contributed by atoms with van der Waals surface area (Å²) in [5, 5.41) is 13.7. The van der Waals surface area contributed by atoms with Crippen LogP contribution in [0.2, 0.25) is 0 Å². The van der Waals surface area contributed by atoms with Crippen molar-refractivity contribution in [3.8, 4) is 11.3 Å². The molecule has 2 aromatic carbocycles. The van der Waals surface area contributed by atoms with Crippen molar-refractivity contribution < 1.29 is 27.3 Å². The number of rotatable bonds is 5. The summed E-state index contributed by atoms with van der Waals surface area (Å²) in [6, 6.07) is 9.95. The highest BCUT2D eigenvalue weighted by atomic mass is 19.4. The van der Waals surface area contributed by atoms with Gasteiger partial charge in [0.05, 0.1) is 21.7 Å². The Morgan fingerprint density at radius 3 is 2.47 bits per heavy atom. The van der Waals surface area contributed by atoms with Gasteiger partial charge in [-0.25, -0.2) is 4.39 Å². The van der Waals surface area contributed by atoms with Crippen molar-refractivity contribution in [2.75, 3.05) is 0 Å². The first-order chi connectivity index (χ1) is 15.1. The van der Waals surface area contributed by atoms with Gasteiger partial charge in [-0.05, 0) is 42.0 Å². The van der Waals surface area contributed by atoms with E-state index in [0.717, 1.165) is 30.3 Å². The van der Waals surface area contributed by atoms with Gasteiger partial charge < -0.3 is 5.32 Å². The zero-order chi connectivity index (χ0) is 23.9. The van der Waals surface area contributed by atoms with E-state index in [1.54, 1.807) is 0 Å². The molecular weight excluding hydrogens is 430 g/mol. The third kappa shape index (κ3) is 6.10. The van der Waals surface area contributed by atoms with Crippen molar-refractivity contribution in [1.29, 1.82) is 0 Å². The van der Waals surface area contributed by atoms with Crippen LogP contribution in [-0.2, 0) is 12.7 Å². The number of nitrogens with one attached hydrogen (secondary N) is 1. The molecule has 168 valence electrons. The van der Waals surface area contributed by atoms with Gasteiger partial charge >= 0.3 is 6.18 Å². The Morgan fingerprint density at radius 2 is 1.81 bits per heavy atom. The Kier molecular flexibility index (Phi) is 8.00. The van der Waals surface area contributed by atoms with E-state index in [0.29, 0.717) is 0 Å². The first kappa shape index (κ1) is 24.4. The number of aromatic nitrogens is 1. The van der Waals surface area contributed by atoms with E-state index in [4.69, 9.17) is 0 Å². The molecule has 1 amide bonds. The van der Waals surface area contributed by atoms with Crippen molar-refractivity contribution in [1.82, 2.24) is 10.3 Å². The third-order valence-electron chi connectivity index (χ3n) is 4.16. The van der Waals surface area contributed by atoms with E-state index >= 15 is 0 Å². The van der Waals surface area contributed by atoms with Crippen molar-refractivity contribution in [2.24, 2.45) is 0 Å². The zero-order valence-electron chi connectivity index (χ0n) is 17.1. The highest BCUT2D eigenvalue weighted by Crippen LogP contribution is 2.30. The molecule has 0 radical (unpaired) electrons. The average Bonchev–Trinajstić information content (AvgIpc) is 2.78. The van der Waals surface area contributed by atoms with Crippen molar-refractivity contribution in [2.45, 2.75) is 26.6 Å². The molecule has 0 spiro atoms. The number of nitro benzene ring substituents is 1. The van der Waals surface area contributed by atoms with Crippen LogP contribution in [0.25, 0.3) is 11.3 Å². The number of nitrogens with zero attached hydrogens (tertiary/aromatic N) is 2. The van der Waals surface area contributed by atoms with Crippen LogP contribution >= 0.6 is 0 Å². The summed E-state index contributed by atoms with van der Waals surface area (Å²) in [5.74, 6) is -1.34. The van der Waals surface area contributed by atoms with E-state index in [9.17, 15) is 32.5 Å². The van der Waals surface area contributed by atoms with Gasteiger partial charge in [-0.3, -0.25) is 19.9 Å². The maximum absolute atomic E-state index is 13.6. The second kappa shape index (κ2) is 10.5. The highest BCUT2D eigenvalue weighted by molar-refractivity contribution is 5.95. The Morgan fingerprint density at radius 1 is 1.09 bits per heavy atom. The summed E-state index contributed by atoms with van der Waals surface area (Å²) >= 11 is 0. The van der Waals surface area contributed by atoms with E-state index < -0.39 is 28.4 Å². The maximum Gasteiger partial charge on any atom is 0.416 e. The van der Waals surface area contributed by atoms with Gasteiger partial charge in [0.2, 0.25) is 0 Å². The summed E-state index contributed by atoms with van der Waals surface area (Å²) in [4.78, 5) is 26.8. The van der Waals surface area contributed by atoms with E-state index in [1.165, 1.54) is 30.5 Å². The van der Waals surface area contributed by atoms with Gasteiger partial charge in [0.1, 0.15) is 5.82 Å². The van der Waals surface area contributed by atoms with Crippen molar-refractivity contribution >= 4 is 11.6 Å². The van der Waals surface area contributed by atoms with Gasteiger partial charge in [-0.15, -0.1) is 0 Å². The fourth-order valence-corrected chi connectivity index (χ4v) is 2.73. The van der Waals surface area contributed by atoms with Crippen LogP contribution in [-0.4, -0.2) is 15.8 Å². The number of carbonyl (C=O) groups excluding carboxylic acids is 1. The van der Waals surface area contributed by atoms with Crippen LogP contribution in [0.1, 0.15) is 35.3 Å². The summed E-state index contributed by atoms with van der Waals surface area (Å²) in [6.07, 6.45) is -3.27. The largest absolute Gasteiger partial charge is 0.416 e. The molecule has 0 bridgehead atoms. The van der Waals surface area contributed by atoms with Crippen LogP contribution in [0.5, 0.6) is 0 Å². The molecule has 0 unspecified atom stereocenters. The number of nitro groups is 1. The van der Waals surface area contributed by atoms with Gasteiger partial charge in [0.25, 0.3) is 11.6 Å². The zero-order valence-corrected chi connectivity index (χ0v) is 17.1. The Bertz CT molecular complexity index is 1120. The normalized spacial score (nSPS) is 10.7. The summed E-state index contributed by atoms with van der Waals surface area (Å²) in [5.41, 5.74) is -1.01. The van der Waals surface area contributed by atoms with Crippen LogP contribution < -0.4 is 5.32 Å². The minimum atomic E-state index is -4.50. The molecule has 1 N–H and O–H groups in total. The molecular formula is C22H19F4N3O3. The first-order valence-corrected chi connectivity index (χ1v) is 9.50. The number of alkyl halides is 3. The molecule has 0 aliphatic heterocycles. The Labute approximate surface area is 181 Å².